The molecule has 0 bridgehead atoms. The predicted molar refractivity (Wildman–Crippen MR) is 83.7 cm³/mol. The second-order valence-corrected chi connectivity index (χ2v) is 5.03. The van der Waals surface area contributed by atoms with Crippen molar-refractivity contribution in [2.24, 2.45) is 15.1 Å². The molecule has 116 valence electrons. The molecule has 3 N–H and O–H groups in total. The number of nitrogens with zero attached hydrogens (tertiary/aromatic N) is 2. The van der Waals surface area contributed by atoms with Crippen molar-refractivity contribution in [3.63, 3.8) is 0 Å². The third kappa shape index (κ3) is 4.59. The van der Waals surface area contributed by atoms with Crippen molar-refractivity contribution in [2.45, 2.75) is 18.4 Å². The zero-order valence-corrected chi connectivity index (χ0v) is 12.5. The minimum atomic E-state index is -2.84. The number of ether oxygens (including phenoxy) is 1. The number of alkyl halides is 2. The van der Waals surface area contributed by atoms with Gasteiger partial charge in [-0.2, -0.15) is 13.2 Å². The van der Waals surface area contributed by atoms with Gasteiger partial charge in [-0.05, 0) is 43.3 Å². The van der Waals surface area contributed by atoms with Crippen molar-refractivity contribution < 1.29 is 13.5 Å². The first-order valence-corrected chi connectivity index (χ1v) is 7.06. The second-order valence-electron chi connectivity index (χ2n) is 4.19. The van der Waals surface area contributed by atoms with Crippen LogP contribution in [0.15, 0.2) is 50.7 Å². The quantitative estimate of drug-likeness (QED) is 0.503. The van der Waals surface area contributed by atoms with Crippen molar-refractivity contribution in [1.29, 1.82) is 0 Å². The fourth-order valence-corrected chi connectivity index (χ4v) is 2.22. The summed E-state index contributed by atoms with van der Waals surface area (Å²) in [6.45, 7) is -0.916. The Balaban J connectivity index is 2.10. The largest absolute Gasteiger partial charge is 0.435 e. The topological polar surface area (TPSA) is 75.8 Å². The first kappa shape index (κ1) is 16.0. The summed E-state index contributed by atoms with van der Waals surface area (Å²) in [4.78, 5) is 7.88. The number of aliphatic imine (C=N–C) groups is 1. The lowest BCUT2D eigenvalue weighted by Gasteiger charge is -2.04. The first-order valence-electron chi connectivity index (χ1n) is 6.28. The van der Waals surface area contributed by atoms with Crippen LogP contribution in [0.25, 0.3) is 0 Å². The van der Waals surface area contributed by atoms with Crippen molar-refractivity contribution in [1.82, 2.24) is 4.98 Å². The van der Waals surface area contributed by atoms with E-state index in [1.54, 1.807) is 12.1 Å². The number of halogens is 2. The monoisotopic (exact) mass is 324 g/mol. The minimum Gasteiger partial charge on any atom is -0.435 e. The number of aromatic amines is 1. The van der Waals surface area contributed by atoms with Gasteiger partial charge in [0.2, 0.25) is 0 Å². The van der Waals surface area contributed by atoms with Gasteiger partial charge in [-0.15, -0.1) is 0 Å². The Kier molecular flexibility index (Phi) is 5.54. The van der Waals surface area contributed by atoms with Gasteiger partial charge in [0.15, 0.2) is 5.84 Å². The summed E-state index contributed by atoms with van der Waals surface area (Å²) in [6, 6.07) is 9.92. The van der Waals surface area contributed by atoms with E-state index in [9.17, 15) is 8.78 Å². The Bertz CT molecular complexity index is 668. The van der Waals surface area contributed by atoms with Gasteiger partial charge in [0.1, 0.15) is 5.75 Å². The van der Waals surface area contributed by atoms with Gasteiger partial charge < -0.3 is 15.5 Å². The van der Waals surface area contributed by atoms with Crippen LogP contribution in [0.3, 0.4) is 0 Å². The normalized spacial score (nSPS) is 12.3. The fourth-order valence-electron chi connectivity index (χ4n) is 1.63. The summed E-state index contributed by atoms with van der Waals surface area (Å²) >= 11 is 1.16. The molecule has 2 aromatic rings. The summed E-state index contributed by atoms with van der Waals surface area (Å²) in [5, 5.41) is 0. The smallest absolute Gasteiger partial charge is 0.387 e. The number of hydrogen-bond donors (Lipinski definition) is 2. The van der Waals surface area contributed by atoms with E-state index in [2.05, 4.69) is 19.1 Å². The summed E-state index contributed by atoms with van der Waals surface area (Å²) in [6.07, 6.45) is 1.16. The molecule has 0 spiro atoms. The molecule has 0 aliphatic heterocycles. The van der Waals surface area contributed by atoms with E-state index in [0.29, 0.717) is 5.84 Å². The van der Waals surface area contributed by atoms with E-state index in [1.165, 1.54) is 12.1 Å². The maximum atomic E-state index is 12.1. The molecule has 5 nitrogen and oxygen atoms in total. The van der Waals surface area contributed by atoms with E-state index in [-0.39, 0.29) is 5.75 Å². The molecule has 1 aromatic carbocycles. The maximum absolute atomic E-state index is 12.1. The van der Waals surface area contributed by atoms with Crippen LogP contribution in [-0.2, 0) is 0 Å². The highest BCUT2D eigenvalue weighted by molar-refractivity contribution is 7.98. The Hall–Kier alpha value is -2.35. The summed E-state index contributed by atoms with van der Waals surface area (Å²) in [5.74, 6) is 0.539. The molecule has 8 heteroatoms. The average Bonchev–Trinajstić information content (AvgIpc) is 2.91. The second kappa shape index (κ2) is 7.60. The number of rotatable bonds is 5. The van der Waals surface area contributed by atoms with Crippen LogP contribution in [0.1, 0.15) is 11.4 Å². The third-order valence-corrected chi connectivity index (χ3v) is 3.30. The van der Waals surface area contributed by atoms with E-state index >= 15 is 0 Å². The van der Waals surface area contributed by atoms with Gasteiger partial charge >= 0.3 is 6.61 Å². The Morgan fingerprint density at radius 1 is 1.27 bits per heavy atom. The molecule has 1 aromatic heterocycles. The Morgan fingerprint density at radius 3 is 2.55 bits per heavy atom. The number of amidine groups is 1. The molecule has 0 fully saturated rings. The van der Waals surface area contributed by atoms with Crippen molar-refractivity contribution in [3.8, 4) is 5.75 Å². The zero-order valence-electron chi connectivity index (χ0n) is 11.7. The number of aromatic nitrogens is 1. The molecule has 2 rings (SSSR count). The van der Waals surface area contributed by atoms with Crippen molar-refractivity contribution >= 4 is 24.1 Å². The van der Waals surface area contributed by atoms with Gasteiger partial charge in [0.05, 0.1) is 12.0 Å². The Morgan fingerprint density at radius 2 is 2.00 bits per heavy atom. The molecule has 0 aliphatic carbocycles. The SMILES string of the molecule is Cc1ccc(/C(N=CN)=N/Sc2ccc(OC(F)F)cc2)[nH]1. The van der Waals surface area contributed by atoms with E-state index in [1.807, 2.05) is 19.1 Å². The average molecular weight is 324 g/mol. The van der Waals surface area contributed by atoms with Gasteiger partial charge in [0.25, 0.3) is 0 Å². The lowest BCUT2D eigenvalue weighted by atomic mass is 10.3. The molecular weight excluding hydrogens is 310 g/mol. The summed E-state index contributed by atoms with van der Waals surface area (Å²) < 4.78 is 32.7. The molecule has 0 unspecified atom stereocenters. The molecule has 0 radical (unpaired) electrons. The summed E-state index contributed by atoms with van der Waals surface area (Å²) in [5.41, 5.74) is 7.05. The highest BCUT2D eigenvalue weighted by Gasteiger charge is 2.06. The lowest BCUT2D eigenvalue weighted by molar-refractivity contribution is -0.0498. The van der Waals surface area contributed by atoms with E-state index in [4.69, 9.17) is 5.73 Å². The van der Waals surface area contributed by atoms with Crippen molar-refractivity contribution in [3.05, 3.63) is 47.8 Å². The fraction of sp³-hybridized carbons (Fsp3) is 0.143. The number of aryl methyl sites for hydroxylation is 1. The van der Waals surface area contributed by atoms with E-state index in [0.717, 1.165) is 34.6 Å². The van der Waals surface area contributed by atoms with Gasteiger partial charge in [-0.3, -0.25) is 0 Å². The van der Waals surface area contributed by atoms with Crippen LogP contribution in [0.5, 0.6) is 5.75 Å². The Labute approximate surface area is 130 Å². The standard InChI is InChI=1S/C14H14F2N4OS/c1-9-2-7-12(19-9)13(18-8-17)20-22-11-5-3-10(4-6-11)21-14(15)16/h2-8,14,19H,1H3,(H2,17,18,20). The maximum Gasteiger partial charge on any atom is 0.387 e. The molecule has 0 saturated heterocycles. The molecule has 1 heterocycles. The molecule has 0 saturated carbocycles. The van der Waals surface area contributed by atoms with Crippen LogP contribution in [0.4, 0.5) is 8.78 Å². The number of nitrogens with one attached hydrogen (secondary N) is 1. The van der Waals surface area contributed by atoms with Crippen LogP contribution in [0, 0.1) is 6.92 Å². The van der Waals surface area contributed by atoms with Crippen LogP contribution < -0.4 is 10.5 Å². The number of H-pyrrole nitrogens is 1. The number of hydrogen-bond acceptors (Lipinski definition) is 3. The highest BCUT2D eigenvalue weighted by Crippen LogP contribution is 2.24. The minimum absolute atomic E-state index is 0.100. The predicted octanol–water partition coefficient (Wildman–Crippen LogP) is 3.37. The number of nitrogens with two attached hydrogens (primary N) is 1. The number of benzene rings is 1. The molecule has 0 atom stereocenters. The van der Waals surface area contributed by atoms with Crippen LogP contribution >= 0.6 is 11.9 Å². The molecule has 0 aliphatic rings. The lowest BCUT2D eigenvalue weighted by Crippen LogP contribution is -2.01. The van der Waals surface area contributed by atoms with Crippen LogP contribution in [0.2, 0.25) is 0 Å². The molecule has 0 amide bonds. The van der Waals surface area contributed by atoms with Gasteiger partial charge in [0, 0.05) is 22.5 Å². The third-order valence-electron chi connectivity index (χ3n) is 2.56. The molecule has 22 heavy (non-hydrogen) atoms. The molecular formula is C14H14F2N4OS. The van der Waals surface area contributed by atoms with E-state index < -0.39 is 6.61 Å². The van der Waals surface area contributed by atoms with Crippen LogP contribution in [-0.4, -0.2) is 23.8 Å². The van der Waals surface area contributed by atoms with Gasteiger partial charge in [-0.1, -0.05) is 0 Å². The first-order chi connectivity index (χ1) is 10.6. The van der Waals surface area contributed by atoms with Gasteiger partial charge in [-0.25, -0.2) is 4.99 Å². The summed E-state index contributed by atoms with van der Waals surface area (Å²) in [7, 11) is 0. The van der Waals surface area contributed by atoms with Crippen molar-refractivity contribution in [2.75, 3.05) is 0 Å². The highest BCUT2D eigenvalue weighted by atomic mass is 32.2. The zero-order chi connectivity index (χ0) is 15.9.